The van der Waals surface area contributed by atoms with Crippen LogP contribution in [0.25, 0.3) is 0 Å². The SMILES string of the molecule is OC1CCC(Nc2cc(C3CC=CC3)ncn2)CC1. The highest BCUT2D eigenvalue weighted by atomic mass is 16.3. The minimum Gasteiger partial charge on any atom is -0.393 e. The minimum absolute atomic E-state index is 0.108. The molecule has 0 spiro atoms. The van der Waals surface area contributed by atoms with Crippen molar-refractivity contribution in [3.8, 4) is 0 Å². The Morgan fingerprint density at radius 3 is 2.53 bits per heavy atom. The van der Waals surface area contributed by atoms with Gasteiger partial charge in [0.05, 0.1) is 6.10 Å². The van der Waals surface area contributed by atoms with Gasteiger partial charge in [-0.25, -0.2) is 9.97 Å². The van der Waals surface area contributed by atoms with Crippen molar-refractivity contribution in [2.45, 2.75) is 56.6 Å². The first-order valence-electron chi connectivity index (χ1n) is 7.23. The summed E-state index contributed by atoms with van der Waals surface area (Å²) >= 11 is 0. The van der Waals surface area contributed by atoms with Crippen molar-refractivity contribution >= 4 is 5.82 Å². The van der Waals surface area contributed by atoms with Gasteiger partial charge in [0.2, 0.25) is 0 Å². The first-order valence-corrected chi connectivity index (χ1v) is 7.23. The molecule has 102 valence electrons. The Bertz CT molecular complexity index is 444. The second-order valence-electron chi connectivity index (χ2n) is 5.62. The average molecular weight is 259 g/mol. The zero-order valence-corrected chi connectivity index (χ0v) is 11.1. The Morgan fingerprint density at radius 2 is 1.79 bits per heavy atom. The van der Waals surface area contributed by atoms with Gasteiger partial charge in [-0.2, -0.15) is 0 Å². The summed E-state index contributed by atoms with van der Waals surface area (Å²) in [6.45, 7) is 0. The Morgan fingerprint density at radius 1 is 1.05 bits per heavy atom. The fraction of sp³-hybridized carbons (Fsp3) is 0.600. The summed E-state index contributed by atoms with van der Waals surface area (Å²) in [6, 6.07) is 2.52. The van der Waals surface area contributed by atoms with Crippen LogP contribution in [0, 0.1) is 0 Å². The number of nitrogens with one attached hydrogen (secondary N) is 1. The van der Waals surface area contributed by atoms with Gasteiger partial charge in [-0.05, 0) is 38.5 Å². The molecule has 0 radical (unpaired) electrons. The molecule has 4 heteroatoms. The van der Waals surface area contributed by atoms with E-state index in [0.717, 1.165) is 50.0 Å². The van der Waals surface area contributed by atoms with E-state index >= 15 is 0 Å². The molecule has 0 atom stereocenters. The molecule has 2 aliphatic carbocycles. The smallest absolute Gasteiger partial charge is 0.129 e. The van der Waals surface area contributed by atoms with Gasteiger partial charge in [0.25, 0.3) is 0 Å². The van der Waals surface area contributed by atoms with Crippen LogP contribution < -0.4 is 5.32 Å². The standard InChI is InChI=1S/C15H21N3O/c19-13-7-5-12(6-8-13)18-15-9-14(16-10-17-15)11-3-1-2-4-11/h1-2,9-13,19H,3-8H2,(H,16,17,18). The Balaban J connectivity index is 1.63. The summed E-state index contributed by atoms with van der Waals surface area (Å²) in [6.07, 6.45) is 12.0. The first kappa shape index (κ1) is 12.6. The van der Waals surface area contributed by atoms with E-state index in [0.29, 0.717) is 12.0 Å². The molecule has 19 heavy (non-hydrogen) atoms. The summed E-state index contributed by atoms with van der Waals surface area (Å²) in [4.78, 5) is 8.71. The zero-order chi connectivity index (χ0) is 13.1. The number of rotatable bonds is 3. The lowest BCUT2D eigenvalue weighted by atomic mass is 9.93. The van der Waals surface area contributed by atoms with Gasteiger partial charge < -0.3 is 10.4 Å². The van der Waals surface area contributed by atoms with Crippen molar-refractivity contribution in [2.75, 3.05) is 5.32 Å². The monoisotopic (exact) mass is 259 g/mol. The zero-order valence-electron chi connectivity index (χ0n) is 11.1. The molecule has 0 bridgehead atoms. The molecule has 0 unspecified atom stereocenters. The molecule has 0 aromatic carbocycles. The summed E-state index contributed by atoms with van der Waals surface area (Å²) in [5, 5.41) is 13.0. The number of aliphatic hydroxyl groups excluding tert-OH is 1. The lowest BCUT2D eigenvalue weighted by Crippen LogP contribution is -2.28. The van der Waals surface area contributed by atoms with Crippen molar-refractivity contribution in [3.63, 3.8) is 0 Å². The van der Waals surface area contributed by atoms with E-state index in [1.807, 2.05) is 0 Å². The van der Waals surface area contributed by atoms with Crippen molar-refractivity contribution < 1.29 is 5.11 Å². The third-order valence-electron chi connectivity index (χ3n) is 4.16. The molecule has 0 aliphatic heterocycles. The molecule has 1 aromatic rings. The lowest BCUT2D eigenvalue weighted by molar-refractivity contribution is 0.126. The van der Waals surface area contributed by atoms with Crippen molar-refractivity contribution in [1.82, 2.24) is 9.97 Å². The van der Waals surface area contributed by atoms with E-state index < -0.39 is 0 Å². The van der Waals surface area contributed by atoms with Crippen molar-refractivity contribution in [2.24, 2.45) is 0 Å². The van der Waals surface area contributed by atoms with Crippen LogP contribution in [0.3, 0.4) is 0 Å². The van der Waals surface area contributed by atoms with Gasteiger partial charge in [0.15, 0.2) is 0 Å². The Hall–Kier alpha value is -1.42. The van der Waals surface area contributed by atoms with Gasteiger partial charge in [-0.15, -0.1) is 0 Å². The highest BCUT2D eigenvalue weighted by Gasteiger charge is 2.20. The molecule has 2 aliphatic rings. The second kappa shape index (κ2) is 5.70. The van der Waals surface area contributed by atoms with E-state index in [2.05, 4.69) is 33.5 Å². The van der Waals surface area contributed by atoms with Crippen LogP contribution in [-0.2, 0) is 0 Å². The number of aromatic nitrogens is 2. The van der Waals surface area contributed by atoms with Crippen LogP contribution in [0.5, 0.6) is 0 Å². The molecule has 3 rings (SSSR count). The highest BCUT2D eigenvalue weighted by Crippen LogP contribution is 2.29. The topological polar surface area (TPSA) is 58.0 Å². The van der Waals surface area contributed by atoms with Crippen molar-refractivity contribution in [3.05, 3.63) is 30.2 Å². The quantitative estimate of drug-likeness (QED) is 0.819. The van der Waals surface area contributed by atoms with Crippen LogP contribution in [0.15, 0.2) is 24.5 Å². The number of allylic oxidation sites excluding steroid dienone is 2. The van der Waals surface area contributed by atoms with Gasteiger partial charge in [-0.1, -0.05) is 12.2 Å². The summed E-state index contributed by atoms with van der Waals surface area (Å²) in [7, 11) is 0. The Kier molecular flexibility index (Phi) is 3.78. The summed E-state index contributed by atoms with van der Waals surface area (Å²) in [5.41, 5.74) is 1.14. The van der Waals surface area contributed by atoms with E-state index in [-0.39, 0.29) is 6.10 Å². The van der Waals surface area contributed by atoms with E-state index in [1.165, 1.54) is 0 Å². The minimum atomic E-state index is -0.108. The van der Waals surface area contributed by atoms with Gasteiger partial charge in [0.1, 0.15) is 12.1 Å². The maximum absolute atomic E-state index is 9.52. The van der Waals surface area contributed by atoms with Crippen LogP contribution in [0.4, 0.5) is 5.82 Å². The molecule has 1 saturated carbocycles. The molecule has 1 aromatic heterocycles. The van der Waals surface area contributed by atoms with E-state index in [1.54, 1.807) is 6.33 Å². The average Bonchev–Trinajstić information content (AvgIpc) is 2.96. The maximum atomic E-state index is 9.52. The van der Waals surface area contributed by atoms with Crippen LogP contribution in [0.2, 0.25) is 0 Å². The summed E-state index contributed by atoms with van der Waals surface area (Å²) in [5.74, 6) is 1.45. The number of hydrogen-bond acceptors (Lipinski definition) is 4. The molecule has 0 saturated heterocycles. The van der Waals surface area contributed by atoms with Gasteiger partial charge >= 0.3 is 0 Å². The third kappa shape index (κ3) is 3.13. The number of aliphatic hydroxyl groups is 1. The van der Waals surface area contributed by atoms with Crippen molar-refractivity contribution in [1.29, 1.82) is 0 Å². The van der Waals surface area contributed by atoms with Gasteiger partial charge in [-0.3, -0.25) is 0 Å². The van der Waals surface area contributed by atoms with E-state index in [4.69, 9.17) is 0 Å². The van der Waals surface area contributed by atoms with Crippen LogP contribution in [-0.4, -0.2) is 27.2 Å². The molecular weight excluding hydrogens is 238 g/mol. The molecule has 1 heterocycles. The normalized spacial score (nSPS) is 27.6. The predicted molar refractivity (Wildman–Crippen MR) is 75.0 cm³/mol. The molecular formula is C15H21N3O. The summed E-state index contributed by atoms with van der Waals surface area (Å²) < 4.78 is 0. The largest absolute Gasteiger partial charge is 0.393 e. The fourth-order valence-corrected chi connectivity index (χ4v) is 2.96. The van der Waals surface area contributed by atoms with Crippen LogP contribution in [0.1, 0.15) is 50.1 Å². The Labute approximate surface area is 114 Å². The lowest BCUT2D eigenvalue weighted by Gasteiger charge is -2.26. The maximum Gasteiger partial charge on any atom is 0.129 e. The fourth-order valence-electron chi connectivity index (χ4n) is 2.96. The highest BCUT2D eigenvalue weighted by molar-refractivity contribution is 5.37. The van der Waals surface area contributed by atoms with Crippen LogP contribution >= 0.6 is 0 Å². The van der Waals surface area contributed by atoms with E-state index in [9.17, 15) is 5.11 Å². The second-order valence-corrected chi connectivity index (χ2v) is 5.62. The molecule has 1 fully saturated rings. The third-order valence-corrected chi connectivity index (χ3v) is 4.16. The molecule has 4 nitrogen and oxygen atoms in total. The molecule has 2 N–H and O–H groups in total. The number of anilines is 1. The predicted octanol–water partition coefficient (Wildman–Crippen LogP) is 2.63. The van der Waals surface area contributed by atoms with Gasteiger partial charge in [0, 0.05) is 23.7 Å². The number of nitrogens with zero attached hydrogens (tertiary/aromatic N) is 2. The number of hydrogen-bond donors (Lipinski definition) is 2. The molecule has 0 amide bonds. The first-order chi connectivity index (χ1) is 9.31.